The second-order valence-corrected chi connectivity index (χ2v) is 4.45. The molecule has 106 valence electrons. The van der Waals surface area contributed by atoms with Crippen molar-refractivity contribution < 1.29 is 9.90 Å². The number of carboxylic acid groups (broad SMARTS) is 1. The van der Waals surface area contributed by atoms with E-state index in [2.05, 4.69) is 5.32 Å². The SMILES string of the molecule is Cl.O=C(O)[C@H](Cc1ccccc1)NCc1ccccc1. The fourth-order valence-corrected chi connectivity index (χ4v) is 1.93. The van der Waals surface area contributed by atoms with Crippen LogP contribution in [0.1, 0.15) is 11.1 Å². The molecule has 0 radical (unpaired) electrons. The van der Waals surface area contributed by atoms with Crippen LogP contribution in [0.3, 0.4) is 0 Å². The summed E-state index contributed by atoms with van der Waals surface area (Å²) >= 11 is 0. The van der Waals surface area contributed by atoms with Crippen LogP contribution in [0.4, 0.5) is 0 Å². The number of hydrogen-bond acceptors (Lipinski definition) is 2. The van der Waals surface area contributed by atoms with Gasteiger partial charge in [-0.3, -0.25) is 4.79 Å². The Bertz CT molecular complexity index is 517. The summed E-state index contributed by atoms with van der Waals surface area (Å²) in [5.41, 5.74) is 2.11. The standard InChI is InChI=1S/C16H17NO2.ClH/c18-16(19)15(11-13-7-3-1-4-8-13)17-12-14-9-5-2-6-10-14;/h1-10,15,17H,11-12H2,(H,18,19);1H/t15-;/m0./s1. The molecule has 2 rings (SSSR count). The molecule has 0 fully saturated rings. The molecule has 0 spiro atoms. The zero-order chi connectivity index (χ0) is 13.5. The van der Waals surface area contributed by atoms with Crippen molar-refractivity contribution in [2.24, 2.45) is 0 Å². The summed E-state index contributed by atoms with van der Waals surface area (Å²) in [6.07, 6.45) is 0.489. The predicted octanol–water partition coefficient (Wildman–Crippen LogP) is 2.89. The molecule has 0 aliphatic rings. The van der Waals surface area contributed by atoms with Crippen molar-refractivity contribution in [1.82, 2.24) is 5.32 Å². The number of rotatable bonds is 6. The Balaban J connectivity index is 0.00000200. The van der Waals surface area contributed by atoms with E-state index in [4.69, 9.17) is 0 Å². The number of carboxylic acids is 1. The Morgan fingerprint density at radius 2 is 1.45 bits per heavy atom. The molecule has 0 bridgehead atoms. The molecule has 2 aromatic rings. The van der Waals surface area contributed by atoms with Gasteiger partial charge in [0.15, 0.2) is 0 Å². The number of halogens is 1. The lowest BCUT2D eigenvalue weighted by Gasteiger charge is -2.14. The zero-order valence-electron chi connectivity index (χ0n) is 11.0. The van der Waals surface area contributed by atoms with Crippen LogP contribution in [0.25, 0.3) is 0 Å². The summed E-state index contributed by atoms with van der Waals surface area (Å²) in [5.74, 6) is -0.820. The fourth-order valence-electron chi connectivity index (χ4n) is 1.93. The van der Waals surface area contributed by atoms with Crippen molar-refractivity contribution in [3.63, 3.8) is 0 Å². The number of aliphatic carboxylic acids is 1. The van der Waals surface area contributed by atoms with Gasteiger partial charge in [-0.05, 0) is 17.5 Å². The summed E-state index contributed by atoms with van der Waals surface area (Å²) in [6.45, 7) is 0.560. The van der Waals surface area contributed by atoms with E-state index in [9.17, 15) is 9.90 Å². The first-order valence-corrected chi connectivity index (χ1v) is 6.30. The van der Waals surface area contributed by atoms with Gasteiger partial charge in [-0.15, -0.1) is 12.4 Å². The molecule has 0 saturated heterocycles. The molecule has 0 aromatic heterocycles. The Morgan fingerprint density at radius 3 is 1.95 bits per heavy atom. The van der Waals surface area contributed by atoms with E-state index in [1.54, 1.807) is 0 Å². The van der Waals surface area contributed by atoms with Crippen LogP contribution in [0.5, 0.6) is 0 Å². The van der Waals surface area contributed by atoms with E-state index in [0.717, 1.165) is 11.1 Å². The second-order valence-electron chi connectivity index (χ2n) is 4.45. The molecule has 0 saturated carbocycles. The minimum absolute atomic E-state index is 0. The molecule has 3 nitrogen and oxygen atoms in total. The third-order valence-electron chi connectivity index (χ3n) is 2.98. The van der Waals surface area contributed by atoms with Crippen LogP contribution in [0.2, 0.25) is 0 Å². The lowest BCUT2D eigenvalue weighted by molar-refractivity contribution is -0.139. The van der Waals surface area contributed by atoms with Gasteiger partial charge in [0.25, 0.3) is 0 Å². The Hall–Kier alpha value is -1.84. The van der Waals surface area contributed by atoms with Crippen molar-refractivity contribution in [3.8, 4) is 0 Å². The molecule has 4 heteroatoms. The maximum Gasteiger partial charge on any atom is 0.321 e. The van der Waals surface area contributed by atoms with E-state index in [1.807, 2.05) is 60.7 Å². The van der Waals surface area contributed by atoms with Gasteiger partial charge in [-0.2, -0.15) is 0 Å². The molecule has 0 heterocycles. The highest BCUT2D eigenvalue weighted by molar-refractivity contribution is 5.85. The van der Waals surface area contributed by atoms with E-state index in [-0.39, 0.29) is 12.4 Å². The topological polar surface area (TPSA) is 49.3 Å². The van der Waals surface area contributed by atoms with Gasteiger partial charge < -0.3 is 10.4 Å². The van der Waals surface area contributed by atoms with Crippen LogP contribution in [-0.4, -0.2) is 17.1 Å². The molecule has 0 aliphatic heterocycles. The summed E-state index contributed by atoms with van der Waals surface area (Å²) in [5, 5.41) is 12.3. The van der Waals surface area contributed by atoms with Crippen molar-refractivity contribution in [3.05, 3.63) is 71.8 Å². The molecule has 0 amide bonds. The first-order chi connectivity index (χ1) is 9.25. The van der Waals surface area contributed by atoms with E-state index in [0.29, 0.717) is 13.0 Å². The minimum atomic E-state index is -0.820. The largest absolute Gasteiger partial charge is 0.480 e. The molecular formula is C16H18ClNO2. The maximum absolute atomic E-state index is 11.3. The summed E-state index contributed by atoms with van der Waals surface area (Å²) in [7, 11) is 0. The van der Waals surface area contributed by atoms with Gasteiger partial charge in [0.2, 0.25) is 0 Å². The van der Waals surface area contributed by atoms with Crippen molar-refractivity contribution in [1.29, 1.82) is 0 Å². The molecular weight excluding hydrogens is 274 g/mol. The first kappa shape index (κ1) is 16.2. The van der Waals surface area contributed by atoms with Gasteiger partial charge in [-0.1, -0.05) is 60.7 Å². The second kappa shape index (κ2) is 8.35. The molecule has 0 aliphatic carbocycles. The summed E-state index contributed by atoms with van der Waals surface area (Å²) < 4.78 is 0. The Kier molecular flexibility index (Phi) is 6.77. The van der Waals surface area contributed by atoms with Crippen LogP contribution in [-0.2, 0) is 17.8 Å². The minimum Gasteiger partial charge on any atom is -0.480 e. The van der Waals surface area contributed by atoms with E-state index in [1.165, 1.54) is 0 Å². The smallest absolute Gasteiger partial charge is 0.321 e. The van der Waals surface area contributed by atoms with E-state index >= 15 is 0 Å². The summed E-state index contributed by atoms with van der Waals surface area (Å²) in [6, 6.07) is 18.9. The van der Waals surface area contributed by atoms with Gasteiger partial charge >= 0.3 is 5.97 Å². The van der Waals surface area contributed by atoms with Crippen LogP contribution >= 0.6 is 12.4 Å². The fraction of sp³-hybridized carbons (Fsp3) is 0.188. The lowest BCUT2D eigenvalue weighted by atomic mass is 10.1. The normalized spacial score (nSPS) is 11.4. The molecule has 20 heavy (non-hydrogen) atoms. The van der Waals surface area contributed by atoms with Crippen LogP contribution in [0.15, 0.2) is 60.7 Å². The Labute approximate surface area is 125 Å². The first-order valence-electron chi connectivity index (χ1n) is 6.30. The highest BCUT2D eigenvalue weighted by Gasteiger charge is 2.16. The zero-order valence-corrected chi connectivity index (χ0v) is 11.8. The number of benzene rings is 2. The van der Waals surface area contributed by atoms with Crippen molar-refractivity contribution in [2.45, 2.75) is 19.0 Å². The van der Waals surface area contributed by atoms with Crippen molar-refractivity contribution >= 4 is 18.4 Å². The number of hydrogen-bond donors (Lipinski definition) is 2. The Morgan fingerprint density at radius 1 is 0.950 bits per heavy atom. The average molecular weight is 292 g/mol. The number of nitrogens with one attached hydrogen (secondary N) is 1. The third-order valence-corrected chi connectivity index (χ3v) is 2.98. The highest BCUT2D eigenvalue weighted by Crippen LogP contribution is 2.05. The summed E-state index contributed by atoms with van der Waals surface area (Å²) in [4.78, 5) is 11.3. The van der Waals surface area contributed by atoms with Gasteiger partial charge in [-0.25, -0.2) is 0 Å². The van der Waals surface area contributed by atoms with Crippen LogP contribution < -0.4 is 5.32 Å². The van der Waals surface area contributed by atoms with Gasteiger partial charge in [0.1, 0.15) is 6.04 Å². The predicted molar refractivity (Wildman–Crippen MR) is 82.1 cm³/mol. The molecule has 2 aromatic carbocycles. The third kappa shape index (κ3) is 5.03. The quantitative estimate of drug-likeness (QED) is 0.860. The molecule has 0 unspecified atom stereocenters. The molecule has 2 N–H and O–H groups in total. The van der Waals surface area contributed by atoms with Crippen molar-refractivity contribution in [2.75, 3.05) is 0 Å². The lowest BCUT2D eigenvalue weighted by Crippen LogP contribution is -2.38. The maximum atomic E-state index is 11.3. The average Bonchev–Trinajstić information content (AvgIpc) is 2.45. The monoisotopic (exact) mass is 291 g/mol. The van der Waals surface area contributed by atoms with Gasteiger partial charge in [0.05, 0.1) is 0 Å². The molecule has 1 atom stereocenters. The van der Waals surface area contributed by atoms with Crippen LogP contribution in [0, 0.1) is 0 Å². The number of carbonyl (C=O) groups is 1. The van der Waals surface area contributed by atoms with Gasteiger partial charge in [0, 0.05) is 6.54 Å². The highest BCUT2D eigenvalue weighted by atomic mass is 35.5. The van der Waals surface area contributed by atoms with E-state index < -0.39 is 12.0 Å².